The largest absolute Gasteiger partial charge is 0.507 e. The number of thioether (sulfide) groups is 1. The molecular weight excluding hydrogens is 589 g/mol. The Morgan fingerprint density at radius 1 is 0.696 bits per heavy atom. The summed E-state index contributed by atoms with van der Waals surface area (Å²) in [5.74, 6) is 1.26. The van der Waals surface area contributed by atoms with Gasteiger partial charge in [-0.25, -0.2) is 4.98 Å². The van der Waals surface area contributed by atoms with Crippen molar-refractivity contribution in [3.8, 4) is 22.8 Å². The molecule has 2 N–H and O–H groups in total. The van der Waals surface area contributed by atoms with Gasteiger partial charge in [0.15, 0.2) is 10.9 Å². The molecule has 5 nitrogen and oxygen atoms in total. The van der Waals surface area contributed by atoms with Crippen LogP contribution in [-0.4, -0.2) is 25.5 Å². The van der Waals surface area contributed by atoms with Crippen LogP contribution in [0.15, 0.2) is 66.0 Å². The van der Waals surface area contributed by atoms with Crippen molar-refractivity contribution in [2.75, 3.05) is 0 Å². The van der Waals surface area contributed by atoms with Crippen molar-refractivity contribution in [2.45, 2.75) is 122 Å². The lowest BCUT2D eigenvalue weighted by molar-refractivity contribution is 0.0969. The van der Waals surface area contributed by atoms with E-state index in [1.54, 1.807) is 11.8 Å². The minimum atomic E-state index is -0.340. The number of Topliss-reactive ketones (excluding diaryl/α,β-unsaturated/α-hetero) is 1. The van der Waals surface area contributed by atoms with Gasteiger partial charge in [0.05, 0.1) is 12.2 Å². The summed E-state index contributed by atoms with van der Waals surface area (Å²) >= 11 is 1.60. The quantitative estimate of drug-likeness (QED) is 0.155. The highest BCUT2D eigenvalue weighted by Gasteiger charge is 2.30. The van der Waals surface area contributed by atoms with E-state index in [2.05, 4.69) is 95.2 Å². The SMILES string of the molecule is CC(C)(C)c1cc(C(=O)Cn2cc(-c3cc(C(C)(C)C)c(O)c(C(C)(C)C)c3)nc2SCc2ccccc2)cc(C(C)(C)C)c1O. The van der Waals surface area contributed by atoms with Gasteiger partial charge in [0, 0.05) is 45.3 Å². The van der Waals surface area contributed by atoms with Crippen LogP contribution in [0.25, 0.3) is 11.3 Å². The van der Waals surface area contributed by atoms with Gasteiger partial charge in [-0.1, -0.05) is 125 Å². The molecule has 4 aromatic rings. The molecular formula is C40H52N2O3S. The van der Waals surface area contributed by atoms with Crippen molar-refractivity contribution in [3.63, 3.8) is 0 Å². The van der Waals surface area contributed by atoms with Crippen LogP contribution in [0.5, 0.6) is 11.5 Å². The average molecular weight is 641 g/mol. The molecule has 6 heteroatoms. The van der Waals surface area contributed by atoms with Crippen LogP contribution in [0.2, 0.25) is 0 Å². The summed E-state index contributed by atoms with van der Waals surface area (Å²) in [6.07, 6.45) is 1.96. The van der Waals surface area contributed by atoms with Gasteiger partial charge in [-0.3, -0.25) is 4.79 Å². The van der Waals surface area contributed by atoms with Crippen molar-refractivity contribution >= 4 is 17.5 Å². The van der Waals surface area contributed by atoms with E-state index in [1.807, 2.05) is 53.2 Å². The van der Waals surface area contributed by atoms with Crippen LogP contribution >= 0.6 is 11.8 Å². The number of benzene rings is 3. The minimum absolute atomic E-state index is 0.0435. The molecule has 0 saturated heterocycles. The highest BCUT2D eigenvalue weighted by molar-refractivity contribution is 7.98. The highest BCUT2D eigenvalue weighted by Crippen LogP contribution is 2.43. The Hall–Kier alpha value is -3.51. The van der Waals surface area contributed by atoms with Gasteiger partial charge in [-0.15, -0.1) is 0 Å². The lowest BCUT2D eigenvalue weighted by Gasteiger charge is -2.28. The Bertz CT molecular complexity index is 1650. The third kappa shape index (κ3) is 7.88. The summed E-state index contributed by atoms with van der Waals surface area (Å²) in [7, 11) is 0. The number of carbonyl (C=O) groups is 1. The molecule has 1 heterocycles. The van der Waals surface area contributed by atoms with Gasteiger partial charge < -0.3 is 14.8 Å². The van der Waals surface area contributed by atoms with Gasteiger partial charge in [0.2, 0.25) is 0 Å². The van der Waals surface area contributed by atoms with Crippen molar-refractivity contribution in [3.05, 3.63) is 94.2 Å². The first-order valence-corrected chi connectivity index (χ1v) is 17.1. The zero-order valence-corrected chi connectivity index (χ0v) is 30.6. The van der Waals surface area contributed by atoms with Gasteiger partial charge in [0.25, 0.3) is 0 Å². The van der Waals surface area contributed by atoms with Crippen molar-refractivity contribution in [1.82, 2.24) is 9.55 Å². The van der Waals surface area contributed by atoms with E-state index in [0.29, 0.717) is 17.1 Å². The van der Waals surface area contributed by atoms with Crippen molar-refractivity contribution in [1.29, 1.82) is 0 Å². The Balaban J connectivity index is 1.84. The van der Waals surface area contributed by atoms with E-state index < -0.39 is 0 Å². The number of hydrogen-bond acceptors (Lipinski definition) is 5. The maximum Gasteiger partial charge on any atom is 0.182 e. The zero-order valence-electron chi connectivity index (χ0n) is 29.8. The monoisotopic (exact) mass is 640 g/mol. The molecule has 0 radical (unpaired) electrons. The van der Waals surface area contributed by atoms with Crippen molar-refractivity contribution < 1.29 is 15.0 Å². The van der Waals surface area contributed by atoms with E-state index in [1.165, 1.54) is 5.56 Å². The predicted molar refractivity (Wildman–Crippen MR) is 193 cm³/mol. The Morgan fingerprint density at radius 2 is 1.13 bits per heavy atom. The number of rotatable bonds is 7. The van der Waals surface area contributed by atoms with Crippen LogP contribution in [0, 0.1) is 0 Å². The summed E-state index contributed by atoms with van der Waals surface area (Å²) in [6, 6.07) is 18.0. The predicted octanol–water partition coefficient (Wildman–Crippen LogP) is 10.3. The molecule has 0 unspecified atom stereocenters. The summed E-state index contributed by atoms with van der Waals surface area (Å²) in [4.78, 5) is 19.2. The molecule has 0 saturated carbocycles. The number of phenols is 2. The number of imidazole rings is 1. The topological polar surface area (TPSA) is 75.4 Å². The van der Waals surface area contributed by atoms with Crippen LogP contribution in [0.4, 0.5) is 0 Å². The number of phenolic OH excluding ortho intramolecular Hbond substituents is 2. The molecule has 0 aliphatic carbocycles. The fourth-order valence-corrected chi connectivity index (χ4v) is 6.53. The van der Waals surface area contributed by atoms with Crippen LogP contribution in [0.1, 0.15) is 121 Å². The van der Waals surface area contributed by atoms with Crippen LogP contribution < -0.4 is 0 Å². The lowest BCUT2D eigenvalue weighted by atomic mass is 9.78. The molecule has 0 spiro atoms. The fraction of sp³-hybridized carbons (Fsp3) is 0.450. The molecule has 0 amide bonds. The van der Waals surface area contributed by atoms with E-state index in [4.69, 9.17) is 4.98 Å². The van der Waals surface area contributed by atoms with Crippen LogP contribution in [-0.2, 0) is 34.0 Å². The number of carbonyl (C=O) groups excluding carboxylic acids is 1. The molecule has 46 heavy (non-hydrogen) atoms. The van der Waals surface area contributed by atoms with E-state index in [-0.39, 0.29) is 39.7 Å². The Morgan fingerprint density at radius 3 is 1.57 bits per heavy atom. The van der Waals surface area contributed by atoms with Gasteiger partial charge in [-0.2, -0.15) is 0 Å². The molecule has 1 aromatic heterocycles. The first-order chi connectivity index (χ1) is 21.1. The highest BCUT2D eigenvalue weighted by atomic mass is 32.2. The van der Waals surface area contributed by atoms with Gasteiger partial charge in [-0.05, 0) is 51.5 Å². The third-order valence-electron chi connectivity index (χ3n) is 8.33. The van der Waals surface area contributed by atoms with E-state index in [0.717, 1.165) is 38.7 Å². The molecule has 246 valence electrons. The first-order valence-electron chi connectivity index (χ1n) is 16.1. The van der Waals surface area contributed by atoms with Crippen LogP contribution in [0.3, 0.4) is 0 Å². The normalized spacial score (nSPS) is 12.9. The number of nitrogens with zero attached hydrogens (tertiary/aromatic N) is 2. The number of aromatic hydroxyl groups is 2. The number of aromatic nitrogens is 2. The summed E-state index contributed by atoms with van der Waals surface area (Å²) in [5, 5.41) is 23.3. The molecule has 0 aliphatic rings. The van der Waals surface area contributed by atoms with Crippen molar-refractivity contribution in [2.24, 2.45) is 0 Å². The fourth-order valence-electron chi connectivity index (χ4n) is 5.60. The Labute approximate surface area is 280 Å². The average Bonchev–Trinajstić information content (AvgIpc) is 3.32. The van der Waals surface area contributed by atoms with E-state index >= 15 is 0 Å². The maximum absolute atomic E-state index is 14.1. The second-order valence-electron chi connectivity index (χ2n) is 16.6. The second kappa shape index (κ2) is 12.6. The molecule has 0 aliphatic heterocycles. The van der Waals surface area contributed by atoms with Gasteiger partial charge in [0.1, 0.15) is 11.5 Å². The summed E-state index contributed by atoms with van der Waals surface area (Å²) < 4.78 is 1.95. The minimum Gasteiger partial charge on any atom is -0.507 e. The number of ketones is 1. The maximum atomic E-state index is 14.1. The summed E-state index contributed by atoms with van der Waals surface area (Å²) in [5.41, 5.74) is 5.45. The zero-order chi connectivity index (χ0) is 34.4. The lowest BCUT2D eigenvalue weighted by Crippen LogP contribution is -2.20. The summed E-state index contributed by atoms with van der Waals surface area (Å²) in [6.45, 7) is 25.1. The number of hydrogen-bond donors (Lipinski definition) is 2. The third-order valence-corrected chi connectivity index (χ3v) is 9.40. The first kappa shape index (κ1) is 35.3. The Kier molecular flexibility index (Phi) is 9.68. The molecule has 4 rings (SSSR count). The molecule has 0 fully saturated rings. The second-order valence-corrected chi connectivity index (χ2v) is 17.5. The molecule has 3 aromatic carbocycles. The molecule has 0 bridgehead atoms. The van der Waals surface area contributed by atoms with E-state index in [9.17, 15) is 15.0 Å². The van der Waals surface area contributed by atoms with Gasteiger partial charge >= 0.3 is 0 Å². The standard InChI is InChI=1S/C40H52N2O3S/c1-37(2,3)28-18-26(19-29(34(28)44)38(4,5)6)32-22-42(36(41-32)46-24-25-16-14-13-15-17-25)23-33(43)27-20-30(39(7,8)9)35(45)31(21-27)40(10,11)12/h13-22,44-45H,23-24H2,1-12H3. The molecule has 0 atom stereocenters. The smallest absolute Gasteiger partial charge is 0.182 e.